The molecule has 0 radical (unpaired) electrons. The minimum Gasteiger partial charge on any atom is -0.261 e. The van der Waals surface area contributed by atoms with Crippen LogP contribution in [0, 0.1) is 13.8 Å². The summed E-state index contributed by atoms with van der Waals surface area (Å²) < 4.78 is 0. The van der Waals surface area contributed by atoms with Gasteiger partial charge in [0.1, 0.15) is 0 Å². The van der Waals surface area contributed by atoms with Crippen molar-refractivity contribution in [2.24, 2.45) is 0 Å². The first-order valence-electron chi connectivity index (χ1n) is 3.22. The summed E-state index contributed by atoms with van der Waals surface area (Å²) in [4.78, 5) is 4.17. The maximum absolute atomic E-state index is 5.61. The molecule has 0 saturated carbocycles. The summed E-state index contributed by atoms with van der Waals surface area (Å²) in [7, 11) is 0. The van der Waals surface area contributed by atoms with Gasteiger partial charge in [0.2, 0.25) is 0 Å². The Morgan fingerprint density at radius 1 is 1.50 bits per heavy atom. The van der Waals surface area contributed by atoms with Gasteiger partial charge in [0.05, 0.1) is 0 Å². The highest BCUT2D eigenvalue weighted by Gasteiger charge is 1.94. The van der Waals surface area contributed by atoms with E-state index in [1.807, 2.05) is 20.0 Å². The second kappa shape index (κ2) is 3.02. The predicted octanol–water partition coefficient (Wildman–Crippen LogP) is 2.44. The zero-order valence-electron chi connectivity index (χ0n) is 6.19. The molecule has 1 aromatic heterocycles. The Hall–Kier alpha value is -0.560. The van der Waals surface area contributed by atoms with Crippen LogP contribution >= 0.6 is 11.6 Å². The van der Waals surface area contributed by atoms with Crippen molar-refractivity contribution in [3.8, 4) is 0 Å². The van der Waals surface area contributed by atoms with E-state index in [9.17, 15) is 0 Å². The molecule has 0 unspecified atom stereocenters. The minimum atomic E-state index is 0.550. The molecule has 0 aliphatic rings. The van der Waals surface area contributed by atoms with Gasteiger partial charge in [-0.2, -0.15) is 0 Å². The van der Waals surface area contributed by atoms with E-state index in [1.165, 1.54) is 5.56 Å². The lowest BCUT2D eigenvalue weighted by Gasteiger charge is -1.99. The zero-order chi connectivity index (χ0) is 7.56. The molecule has 0 amide bonds. The van der Waals surface area contributed by atoms with Gasteiger partial charge in [-0.25, -0.2) is 0 Å². The number of rotatable bonds is 1. The van der Waals surface area contributed by atoms with Crippen LogP contribution in [-0.4, -0.2) is 4.98 Å². The van der Waals surface area contributed by atoms with Crippen molar-refractivity contribution in [1.29, 1.82) is 0 Å². The van der Waals surface area contributed by atoms with Gasteiger partial charge in [0.25, 0.3) is 0 Å². The normalized spacial score (nSPS) is 9.90. The van der Waals surface area contributed by atoms with Crippen molar-refractivity contribution >= 4 is 11.6 Å². The number of aryl methyl sites for hydroxylation is 2. The Kier molecular flexibility index (Phi) is 2.28. The van der Waals surface area contributed by atoms with Crippen LogP contribution in [-0.2, 0) is 5.88 Å². The van der Waals surface area contributed by atoms with E-state index >= 15 is 0 Å². The number of halogens is 1. The van der Waals surface area contributed by atoms with Crippen molar-refractivity contribution in [3.05, 3.63) is 29.1 Å². The van der Waals surface area contributed by atoms with Gasteiger partial charge in [-0.1, -0.05) is 6.07 Å². The summed E-state index contributed by atoms with van der Waals surface area (Å²) in [5.41, 5.74) is 3.37. The second-order valence-electron chi connectivity index (χ2n) is 2.38. The van der Waals surface area contributed by atoms with E-state index in [0.717, 1.165) is 11.3 Å². The van der Waals surface area contributed by atoms with E-state index < -0.39 is 0 Å². The Balaban J connectivity index is 3.04. The smallest absolute Gasteiger partial charge is 0.0489 e. The standard InChI is InChI=1S/C8H10ClN/c1-6-3-8(4-9)5-10-7(6)2/h3,5H,4H2,1-2H3. The van der Waals surface area contributed by atoms with Crippen LogP contribution in [0.5, 0.6) is 0 Å². The Bertz CT molecular complexity index is 233. The summed E-state index contributed by atoms with van der Waals surface area (Å²) >= 11 is 5.61. The molecule has 1 heterocycles. The van der Waals surface area contributed by atoms with Gasteiger partial charge in [-0.3, -0.25) is 4.98 Å². The molecule has 1 nitrogen and oxygen atoms in total. The molecule has 1 rings (SSSR count). The Labute approximate surface area is 66.0 Å². The molecule has 1 aromatic rings. The fraction of sp³-hybridized carbons (Fsp3) is 0.375. The van der Waals surface area contributed by atoms with Crippen molar-refractivity contribution < 1.29 is 0 Å². The lowest BCUT2D eigenvalue weighted by Crippen LogP contribution is -1.88. The predicted molar refractivity (Wildman–Crippen MR) is 43.3 cm³/mol. The van der Waals surface area contributed by atoms with Crippen molar-refractivity contribution in [3.63, 3.8) is 0 Å². The highest BCUT2D eigenvalue weighted by molar-refractivity contribution is 6.17. The average Bonchev–Trinajstić information content (AvgIpc) is 1.95. The monoisotopic (exact) mass is 155 g/mol. The lowest BCUT2D eigenvalue weighted by atomic mass is 10.2. The summed E-state index contributed by atoms with van der Waals surface area (Å²) in [6, 6.07) is 2.06. The van der Waals surface area contributed by atoms with E-state index in [4.69, 9.17) is 11.6 Å². The van der Waals surface area contributed by atoms with Crippen LogP contribution in [0.1, 0.15) is 16.8 Å². The molecule has 0 fully saturated rings. The third kappa shape index (κ3) is 1.48. The van der Waals surface area contributed by atoms with Gasteiger partial charge >= 0.3 is 0 Å². The maximum Gasteiger partial charge on any atom is 0.0489 e. The number of pyridine rings is 1. The third-order valence-corrected chi connectivity index (χ3v) is 1.86. The fourth-order valence-electron chi connectivity index (χ4n) is 0.774. The van der Waals surface area contributed by atoms with Gasteiger partial charge in [0, 0.05) is 17.8 Å². The van der Waals surface area contributed by atoms with Crippen LogP contribution in [0.15, 0.2) is 12.3 Å². The summed E-state index contributed by atoms with van der Waals surface area (Å²) in [5.74, 6) is 0.550. The van der Waals surface area contributed by atoms with Crippen LogP contribution < -0.4 is 0 Å². The van der Waals surface area contributed by atoms with Crippen LogP contribution in [0.4, 0.5) is 0 Å². The molecule has 0 spiro atoms. The highest BCUT2D eigenvalue weighted by Crippen LogP contribution is 2.07. The third-order valence-electron chi connectivity index (χ3n) is 1.55. The Morgan fingerprint density at radius 3 is 2.70 bits per heavy atom. The van der Waals surface area contributed by atoms with E-state index in [2.05, 4.69) is 11.1 Å². The number of hydrogen-bond donors (Lipinski definition) is 0. The number of alkyl halides is 1. The molecule has 0 aliphatic heterocycles. The molecule has 0 atom stereocenters. The van der Waals surface area contributed by atoms with Gasteiger partial charge in [0.15, 0.2) is 0 Å². The summed E-state index contributed by atoms with van der Waals surface area (Å²) in [6.45, 7) is 4.03. The summed E-state index contributed by atoms with van der Waals surface area (Å²) in [5, 5.41) is 0. The van der Waals surface area contributed by atoms with Gasteiger partial charge in [-0.15, -0.1) is 11.6 Å². The molecule has 0 bridgehead atoms. The van der Waals surface area contributed by atoms with Crippen molar-refractivity contribution in [2.75, 3.05) is 0 Å². The topological polar surface area (TPSA) is 12.9 Å². The van der Waals surface area contributed by atoms with E-state index in [-0.39, 0.29) is 0 Å². The Morgan fingerprint density at radius 2 is 2.20 bits per heavy atom. The van der Waals surface area contributed by atoms with Gasteiger partial charge < -0.3 is 0 Å². The number of aromatic nitrogens is 1. The molecule has 0 N–H and O–H groups in total. The van der Waals surface area contributed by atoms with Crippen molar-refractivity contribution in [1.82, 2.24) is 4.98 Å². The van der Waals surface area contributed by atoms with E-state index in [0.29, 0.717) is 5.88 Å². The molecule has 0 saturated heterocycles. The van der Waals surface area contributed by atoms with Crippen LogP contribution in [0.25, 0.3) is 0 Å². The molecule has 2 heteroatoms. The fourth-order valence-corrected chi connectivity index (χ4v) is 0.921. The van der Waals surface area contributed by atoms with Crippen LogP contribution in [0.3, 0.4) is 0 Å². The zero-order valence-corrected chi connectivity index (χ0v) is 6.94. The van der Waals surface area contributed by atoms with E-state index in [1.54, 1.807) is 0 Å². The summed E-state index contributed by atoms with van der Waals surface area (Å²) in [6.07, 6.45) is 1.81. The molecule has 0 aromatic carbocycles. The van der Waals surface area contributed by atoms with Crippen LogP contribution in [0.2, 0.25) is 0 Å². The molecular formula is C8H10ClN. The molecule has 10 heavy (non-hydrogen) atoms. The largest absolute Gasteiger partial charge is 0.261 e. The number of nitrogens with zero attached hydrogens (tertiary/aromatic N) is 1. The van der Waals surface area contributed by atoms with Crippen molar-refractivity contribution in [2.45, 2.75) is 19.7 Å². The highest BCUT2D eigenvalue weighted by atomic mass is 35.5. The lowest BCUT2D eigenvalue weighted by molar-refractivity contribution is 1.12. The average molecular weight is 156 g/mol. The first kappa shape index (κ1) is 7.55. The quantitative estimate of drug-likeness (QED) is 0.568. The first-order valence-corrected chi connectivity index (χ1v) is 3.75. The molecule has 0 aliphatic carbocycles. The SMILES string of the molecule is Cc1cc(CCl)cnc1C. The molecular weight excluding hydrogens is 146 g/mol. The second-order valence-corrected chi connectivity index (χ2v) is 2.65. The first-order chi connectivity index (χ1) is 4.74. The maximum atomic E-state index is 5.61. The van der Waals surface area contributed by atoms with Gasteiger partial charge in [-0.05, 0) is 25.0 Å². The number of hydrogen-bond acceptors (Lipinski definition) is 1. The minimum absolute atomic E-state index is 0.550. The molecule has 54 valence electrons.